The molecule has 0 unspecified atom stereocenters. The minimum absolute atomic E-state index is 0.449. The summed E-state index contributed by atoms with van der Waals surface area (Å²) in [6, 6.07) is 19.7. The van der Waals surface area contributed by atoms with E-state index in [2.05, 4.69) is 4.90 Å². The van der Waals surface area contributed by atoms with Crippen LogP contribution in [0.2, 0.25) is 0 Å². The number of carboxylic acid groups (broad SMARTS) is 1. The Balaban J connectivity index is 1.67. The normalized spacial score (nSPS) is 19.5. The Bertz CT molecular complexity index is 990. The van der Waals surface area contributed by atoms with E-state index >= 15 is 0 Å². The van der Waals surface area contributed by atoms with Crippen LogP contribution in [0.4, 0.5) is 5.82 Å². The number of para-hydroxylation sites is 1. The van der Waals surface area contributed by atoms with E-state index in [9.17, 15) is 9.90 Å². The second-order valence-corrected chi connectivity index (χ2v) is 7.47. The third kappa shape index (κ3) is 3.40. The molecule has 5 heteroatoms. The van der Waals surface area contributed by atoms with Gasteiger partial charge in [0.1, 0.15) is 17.1 Å². The van der Waals surface area contributed by atoms with Crippen molar-refractivity contribution < 1.29 is 14.6 Å². The zero-order chi connectivity index (χ0) is 19.6. The molecular weight excluding hydrogens is 352 g/mol. The molecule has 0 bridgehead atoms. The highest BCUT2D eigenvalue weighted by atomic mass is 16.5. The number of pyridine rings is 1. The van der Waals surface area contributed by atoms with Gasteiger partial charge in [0.25, 0.3) is 0 Å². The van der Waals surface area contributed by atoms with Crippen molar-refractivity contribution in [3.8, 4) is 5.75 Å². The van der Waals surface area contributed by atoms with Crippen LogP contribution in [-0.4, -0.2) is 36.3 Å². The van der Waals surface area contributed by atoms with Gasteiger partial charge in [0.05, 0.1) is 12.5 Å². The molecule has 1 atom stereocenters. The maximum absolute atomic E-state index is 12.3. The molecule has 2 heterocycles. The summed E-state index contributed by atoms with van der Waals surface area (Å²) in [5, 5.41) is 11.1. The smallest absolute Gasteiger partial charge is 0.311 e. The van der Waals surface area contributed by atoms with Crippen molar-refractivity contribution in [2.45, 2.75) is 19.3 Å². The van der Waals surface area contributed by atoms with Crippen LogP contribution in [-0.2, 0) is 11.2 Å². The third-order valence-corrected chi connectivity index (χ3v) is 5.63. The monoisotopic (exact) mass is 376 g/mol. The van der Waals surface area contributed by atoms with Gasteiger partial charge in [0.15, 0.2) is 0 Å². The molecule has 28 heavy (non-hydrogen) atoms. The minimum atomic E-state index is -0.809. The van der Waals surface area contributed by atoms with Crippen LogP contribution in [0.25, 0.3) is 10.9 Å². The van der Waals surface area contributed by atoms with E-state index in [0.717, 1.165) is 41.0 Å². The number of benzene rings is 2. The highest BCUT2D eigenvalue weighted by Crippen LogP contribution is 2.36. The number of carboxylic acids is 1. The van der Waals surface area contributed by atoms with E-state index in [1.165, 1.54) is 0 Å². The third-order valence-electron chi connectivity index (χ3n) is 5.63. The average Bonchev–Trinajstić information content (AvgIpc) is 2.73. The lowest BCUT2D eigenvalue weighted by Gasteiger charge is -2.40. The van der Waals surface area contributed by atoms with Crippen LogP contribution in [0.5, 0.6) is 5.75 Å². The second-order valence-electron chi connectivity index (χ2n) is 7.47. The van der Waals surface area contributed by atoms with Crippen molar-refractivity contribution in [2.24, 2.45) is 5.41 Å². The molecule has 1 saturated heterocycles. The number of nitrogens with zero attached hydrogens (tertiary/aromatic N) is 2. The van der Waals surface area contributed by atoms with Crippen molar-refractivity contribution in [2.75, 3.05) is 25.1 Å². The number of methoxy groups -OCH3 is 1. The SMILES string of the molecule is COc1cccc2ccc(N3CCC[C@@](Cc4ccccc4)(C(=O)O)C3)nc12. The van der Waals surface area contributed by atoms with Gasteiger partial charge in [-0.2, -0.15) is 0 Å². The van der Waals surface area contributed by atoms with Crippen LogP contribution in [0.15, 0.2) is 60.7 Å². The molecule has 0 aliphatic carbocycles. The van der Waals surface area contributed by atoms with E-state index in [0.29, 0.717) is 19.4 Å². The predicted octanol–water partition coefficient (Wildman–Crippen LogP) is 4.16. The Labute approximate surface area is 164 Å². The summed E-state index contributed by atoms with van der Waals surface area (Å²) in [6.07, 6.45) is 2.02. The Hall–Kier alpha value is -3.08. The number of hydrogen-bond acceptors (Lipinski definition) is 4. The molecule has 0 saturated carbocycles. The summed E-state index contributed by atoms with van der Waals surface area (Å²) < 4.78 is 5.45. The van der Waals surface area contributed by atoms with Crippen molar-refractivity contribution in [3.05, 3.63) is 66.2 Å². The molecule has 5 nitrogen and oxygen atoms in total. The topological polar surface area (TPSA) is 62.7 Å². The summed E-state index contributed by atoms with van der Waals surface area (Å²) >= 11 is 0. The zero-order valence-corrected chi connectivity index (χ0v) is 16.0. The first kappa shape index (κ1) is 18.3. The number of rotatable bonds is 5. The molecular formula is C23H24N2O3. The van der Waals surface area contributed by atoms with E-state index in [4.69, 9.17) is 9.72 Å². The van der Waals surface area contributed by atoms with Gasteiger partial charge in [-0.1, -0.05) is 42.5 Å². The van der Waals surface area contributed by atoms with Crippen LogP contribution in [0.3, 0.4) is 0 Å². The molecule has 1 aliphatic heterocycles. The first-order chi connectivity index (χ1) is 13.6. The van der Waals surface area contributed by atoms with Gasteiger partial charge in [-0.25, -0.2) is 4.98 Å². The number of aliphatic carboxylic acids is 1. The van der Waals surface area contributed by atoms with Crippen LogP contribution in [0, 0.1) is 5.41 Å². The molecule has 1 aliphatic rings. The highest BCUT2D eigenvalue weighted by Gasteiger charge is 2.42. The predicted molar refractivity (Wildman–Crippen MR) is 110 cm³/mol. The number of piperidine rings is 1. The largest absolute Gasteiger partial charge is 0.494 e. The number of carbonyl (C=O) groups is 1. The standard InChI is InChI=1S/C23H24N2O3/c1-28-19-10-5-9-18-11-12-20(24-21(18)19)25-14-6-13-23(16-25,22(26)27)15-17-7-3-2-4-8-17/h2-5,7-12H,6,13-16H2,1H3,(H,26,27)/t23-/m0/s1. The maximum Gasteiger partial charge on any atom is 0.311 e. The Morgan fingerprint density at radius 1 is 1.14 bits per heavy atom. The number of ether oxygens (including phenoxy) is 1. The zero-order valence-electron chi connectivity index (χ0n) is 16.0. The summed E-state index contributed by atoms with van der Waals surface area (Å²) in [6.45, 7) is 1.25. The molecule has 0 radical (unpaired) electrons. The molecule has 1 aromatic heterocycles. The quantitative estimate of drug-likeness (QED) is 0.724. The van der Waals surface area contributed by atoms with E-state index in [1.54, 1.807) is 7.11 Å². The van der Waals surface area contributed by atoms with Crippen LogP contribution >= 0.6 is 0 Å². The van der Waals surface area contributed by atoms with Gasteiger partial charge >= 0.3 is 5.97 Å². The minimum Gasteiger partial charge on any atom is -0.494 e. The van der Waals surface area contributed by atoms with Gasteiger partial charge in [-0.3, -0.25) is 4.79 Å². The van der Waals surface area contributed by atoms with Crippen LogP contribution in [0.1, 0.15) is 18.4 Å². The lowest BCUT2D eigenvalue weighted by Crippen LogP contribution is -2.49. The van der Waals surface area contributed by atoms with E-state index < -0.39 is 11.4 Å². The van der Waals surface area contributed by atoms with Crippen molar-refractivity contribution in [1.29, 1.82) is 0 Å². The molecule has 1 fully saturated rings. The Kier molecular flexibility index (Phi) is 4.90. The van der Waals surface area contributed by atoms with Gasteiger partial charge in [-0.15, -0.1) is 0 Å². The fourth-order valence-corrected chi connectivity index (χ4v) is 4.16. The van der Waals surface area contributed by atoms with Crippen LogP contribution < -0.4 is 9.64 Å². The molecule has 3 aromatic rings. The maximum atomic E-state index is 12.3. The highest BCUT2D eigenvalue weighted by molar-refractivity contribution is 5.86. The summed E-state index contributed by atoms with van der Waals surface area (Å²) in [7, 11) is 1.64. The summed E-state index contributed by atoms with van der Waals surface area (Å²) in [5.74, 6) is 0.792. The molecule has 144 valence electrons. The summed E-state index contributed by atoms with van der Waals surface area (Å²) in [4.78, 5) is 19.2. The second kappa shape index (κ2) is 7.50. The van der Waals surface area contributed by atoms with Crippen molar-refractivity contribution in [3.63, 3.8) is 0 Å². The molecule has 0 amide bonds. The van der Waals surface area contributed by atoms with E-state index in [-0.39, 0.29) is 0 Å². The lowest BCUT2D eigenvalue weighted by atomic mass is 9.75. The average molecular weight is 376 g/mol. The van der Waals surface area contributed by atoms with Gasteiger partial charge in [0.2, 0.25) is 0 Å². The molecule has 2 aromatic carbocycles. The Morgan fingerprint density at radius 3 is 2.71 bits per heavy atom. The molecule has 1 N–H and O–H groups in total. The fraction of sp³-hybridized carbons (Fsp3) is 0.304. The van der Waals surface area contributed by atoms with Gasteiger partial charge in [0, 0.05) is 18.5 Å². The molecule has 0 spiro atoms. The number of hydrogen-bond donors (Lipinski definition) is 1. The fourth-order valence-electron chi connectivity index (χ4n) is 4.16. The molecule has 4 rings (SSSR count). The lowest BCUT2D eigenvalue weighted by molar-refractivity contribution is -0.149. The first-order valence-corrected chi connectivity index (χ1v) is 9.57. The first-order valence-electron chi connectivity index (χ1n) is 9.57. The number of aromatic nitrogens is 1. The van der Waals surface area contributed by atoms with Crippen molar-refractivity contribution in [1.82, 2.24) is 4.98 Å². The number of fused-ring (bicyclic) bond motifs is 1. The Morgan fingerprint density at radius 2 is 1.96 bits per heavy atom. The summed E-state index contributed by atoms with van der Waals surface area (Å²) in [5.41, 5.74) is 1.05. The number of anilines is 1. The van der Waals surface area contributed by atoms with Crippen molar-refractivity contribution >= 4 is 22.7 Å². The van der Waals surface area contributed by atoms with Gasteiger partial charge < -0.3 is 14.7 Å². The van der Waals surface area contributed by atoms with Gasteiger partial charge in [-0.05, 0) is 43.0 Å². The van der Waals surface area contributed by atoms with E-state index in [1.807, 2.05) is 60.7 Å².